The van der Waals surface area contributed by atoms with Crippen molar-refractivity contribution >= 4 is 68.1 Å². The van der Waals surface area contributed by atoms with Gasteiger partial charge in [-0.1, -0.05) is 59.6 Å². The third kappa shape index (κ3) is 6.81. The zero-order valence-corrected chi connectivity index (χ0v) is 30.7. The number of amides is 1. The van der Waals surface area contributed by atoms with Gasteiger partial charge in [-0.3, -0.25) is 14.5 Å². The molecular formula is C38H37Cl2N7O4S. The quantitative estimate of drug-likeness (QED) is 0.104. The van der Waals surface area contributed by atoms with Crippen LogP contribution in [0.4, 0.5) is 11.5 Å². The Morgan fingerprint density at radius 3 is 2.62 bits per heavy atom. The molecule has 0 spiro atoms. The van der Waals surface area contributed by atoms with E-state index in [1.165, 1.54) is 0 Å². The Labute approximate surface area is 314 Å². The van der Waals surface area contributed by atoms with Crippen molar-refractivity contribution < 1.29 is 19.4 Å². The summed E-state index contributed by atoms with van der Waals surface area (Å²) in [7, 11) is 1.60. The van der Waals surface area contributed by atoms with Gasteiger partial charge in [0.2, 0.25) is 11.8 Å². The number of piperidine rings is 1. The molecule has 1 saturated carbocycles. The lowest BCUT2D eigenvalue weighted by molar-refractivity contribution is -0.144. The molecule has 2 aliphatic heterocycles. The Balaban J connectivity index is 1.00. The molecule has 1 aliphatic carbocycles. The van der Waals surface area contributed by atoms with Crippen molar-refractivity contribution in [2.24, 2.45) is 11.8 Å². The first-order chi connectivity index (χ1) is 25.2. The Hall–Kier alpha value is -4.33. The summed E-state index contributed by atoms with van der Waals surface area (Å²) in [4.78, 5) is 39.9. The lowest BCUT2D eigenvalue weighted by Gasteiger charge is -2.28. The van der Waals surface area contributed by atoms with E-state index in [1.54, 1.807) is 24.6 Å². The zero-order valence-electron chi connectivity index (χ0n) is 28.4. The Kier molecular flexibility index (Phi) is 9.75. The molecule has 2 saturated heterocycles. The minimum atomic E-state index is -0.673. The van der Waals surface area contributed by atoms with E-state index in [9.17, 15) is 14.7 Å². The third-order valence-electron chi connectivity index (χ3n) is 10.4. The van der Waals surface area contributed by atoms with Crippen LogP contribution in [0.1, 0.15) is 36.3 Å². The maximum Gasteiger partial charge on any atom is 0.306 e. The van der Waals surface area contributed by atoms with E-state index in [0.29, 0.717) is 71.6 Å². The summed E-state index contributed by atoms with van der Waals surface area (Å²) in [5.41, 5.74) is 5.25. The normalized spacial score (nSPS) is 21.2. The van der Waals surface area contributed by atoms with Gasteiger partial charge in [-0.2, -0.15) is 0 Å². The third-order valence-corrected chi connectivity index (χ3v) is 12.2. The fraction of sp³-hybridized carbons (Fsp3) is 0.342. The highest BCUT2D eigenvalue weighted by Gasteiger charge is 2.47. The maximum atomic E-state index is 11.6. The fourth-order valence-electron chi connectivity index (χ4n) is 7.82. The molecule has 1 amide bonds. The zero-order chi connectivity index (χ0) is 35.9. The van der Waals surface area contributed by atoms with Crippen molar-refractivity contribution in [2.75, 3.05) is 25.5 Å². The van der Waals surface area contributed by atoms with E-state index < -0.39 is 5.97 Å². The van der Waals surface area contributed by atoms with Crippen LogP contribution in [-0.4, -0.2) is 69.1 Å². The molecule has 4 atom stereocenters. The number of rotatable bonds is 12. The minimum absolute atomic E-state index is 0.0962. The van der Waals surface area contributed by atoms with Crippen molar-refractivity contribution in [1.29, 1.82) is 0 Å². The summed E-state index contributed by atoms with van der Waals surface area (Å²) in [5.74, 6) is 0.510. The summed E-state index contributed by atoms with van der Waals surface area (Å²) >= 11 is 15.8. The first-order valence-electron chi connectivity index (χ1n) is 17.4. The molecule has 0 radical (unpaired) electrons. The number of anilines is 2. The molecule has 3 fully saturated rings. The van der Waals surface area contributed by atoms with Gasteiger partial charge >= 0.3 is 5.97 Å². The monoisotopic (exact) mass is 757 g/mol. The summed E-state index contributed by atoms with van der Waals surface area (Å²) in [6.07, 6.45) is 4.81. The smallest absolute Gasteiger partial charge is 0.306 e. The Bertz CT molecular complexity index is 2180. The standard InChI is InChI=1S/C38H37Cl2N7O4S/c1-51-37-20(16-41-17-22-9-11-31(48)43-22)8-10-28(45-37)26-6-2-4-24(33(26)39)25-5-3-7-29(34(25)40)44-36-35-30(12-13-42-36)52-32(46-35)19-47-18-21-14-23(47)15-27(21)38(49)50/h2-8,10,12-13,21-23,27,41H,9,11,14-19H2,1H3,(H,42,44)(H,43,48)(H,49,50)/t21?,22-,23?,27?/m1/s1. The number of hydrogen-bond acceptors (Lipinski definition) is 10. The summed E-state index contributed by atoms with van der Waals surface area (Å²) < 4.78 is 6.67. The van der Waals surface area contributed by atoms with Crippen molar-refractivity contribution in [3.8, 4) is 28.3 Å². The average Bonchev–Trinajstić information content (AvgIpc) is 3.94. The lowest BCUT2D eigenvalue weighted by atomic mass is 9.95. The van der Waals surface area contributed by atoms with Gasteiger partial charge in [-0.05, 0) is 43.4 Å². The van der Waals surface area contributed by atoms with Gasteiger partial charge in [0, 0.05) is 66.6 Å². The van der Waals surface area contributed by atoms with Crippen LogP contribution in [0.5, 0.6) is 5.88 Å². The van der Waals surface area contributed by atoms with Gasteiger partial charge in [0.05, 0.1) is 45.7 Å². The number of nitrogens with zero attached hydrogens (tertiary/aromatic N) is 4. The number of carbonyl (C=O) groups is 2. The molecule has 8 rings (SSSR count). The molecule has 5 heterocycles. The number of aromatic nitrogens is 3. The van der Waals surface area contributed by atoms with Gasteiger partial charge < -0.3 is 25.8 Å². The van der Waals surface area contributed by atoms with E-state index in [2.05, 4.69) is 25.8 Å². The number of fused-ring (bicyclic) bond motifs is 3. The van der Waals surface area contributed by atoms with Gasteiger partial charge in [-0.25, -0.2) is 15.0 Å². The van der Waals surface area contributed by atoms with Crippen LogP contribution >= 0.6 is 34.5 Å². The van der Waals surface area contributed by atoms with Crippen LogP contribution in [0.3, 0.4) is 0 Å². The topological polar surface area (TPSA) is 142 Å². The van der Waals surface area contributed by atoms with Crippen LogP contribution in [0.2, 0.25) is 10.0 Å². The molecule has 3 aliphatic rings. The van der Waals surface area contributed by atoms with E-state index in [4.69, 9.17) is 37.9 Å². The SMILES string of the molecule is COc1nc(-c2cccc(-c3cccc(Nc4nccc5sc(CN6CC7CC6CC7C(=O)O)nc45)c3Cl)c2Cl)ccc1CNC[C@H]1CCC(=O)N1. The van der Waals surface area contributed by atoms with E-state index in [-0.39, 0.29) is 23.8 Å². The summed E-state index contributed by atoms with van der Waals surface area (Å²) in [5, 5.41) is 21.3. The second-order valence-corrected chi connectivity index (χ2v) is 15.5. The molecule has 3 aromatic heterocycles. The number of hydrogen-bond donors (Lipinski definition) is 4. The molecule has 268 valence electrons. The highest BCUT2D eigenvalue weighted by molar-refractivity contribution is 7.18. The average molecular weight is 759 g/mol. The fourth-order valence-corrected chi connectivity index (χ4v) is 9.41. The molecule has 11 nitrogen and oxygen atoms in total. The van der Waals surface area contributed by atoms with Crippen LogP contribution in [0.25, 0.3) is 32.6 Å². The predicted molar refractivity (Wildman–Crippen MR) is 203 cm³/mol. The van der Waals surface area contributed by atoms with Crippen LogP contribution in [-0.2, 0) is 22.7 Å². The number of aliphatic carboxylic acids is 1. The van der Waals surface area contributed by atoms with Gasteiger partial charge in [0.15, 0.2) is 5.82 Å². The number of nitrogens with one attached hydrogen (secondary N) is 3. The maximum absolute atomic E-state index is 11.6. The van der Waals surface area contributed by atoms with Crippen molar-refractivity contribution in [3.05, 3.63) is 81.4 Å². The van der Waals surface area contributed by atoms with Gasteiger partial charge in [0.1, 0.15) is 10.5 Å². The number of likely N-dealkylation sites (tertiary alicyclic amines) is 1. The van der Waals surface area contributed by atoms with Crippen molar-refractivity contribution in [2.45, 2.75) is 50.9 Å². The van der Waals surface area contributed by atoms with Gasteiger partial charge in [0.25, 0.3) is 0 Å². The van der Waals surface area contributed by atoms with Crippen molar-refractivity contribution in [3.63, 3.8) is 0 Å². The Morgan fingerprint density at radius 1 is 1.06 bits per heavy atom. The first-order valence-corrected chi connectivity index (χ1v) is 18.9. The number of benzene rings is 2. The van der Waals surface area contributed by atoms with Crippen LogP contribution in [0, 0.1) is 11.8 Å². The largest absolute Gasteiger partial charge is 0.481 e. The highest BCUT2D eigenvalue weighted by Crippen LogP contribution is 2.44. The van der Waals surface area contributed by atoms with E-state index in [0.717, 1.165) is 56.9 Å². The number of carboxylic acid groups (broad SMARTS) is 1. The highest BCUT2D eigenvalue weighted by atomic mass is 35.5. The molecule has 4 N–H and O–H groups in total. The first kappa shape index (κ1) is 34.7. The number of carbonyl (C=O) groups excluding carboxylic acids is 1. The number of pyridine rings is 2. The van der Waals surface area contributed by atoms with Crippen LogP contribution in [0.15, 0.2) is 60.8 Å². The number of thiazole rings is 1. The van der Waals surface area contributed by atoms with Crippen molar-refractivity contribution in [1.82, 2.24) is 30.5 Å². The molecule has 14 heteroatoms. The number of carboxylic acids is 1. The molecular weight excluding hydrogens is 721 g/mol. The summed E-state index contributed by atoms with van der Waals surface area (Å²) in [6.45, 7) is 2.71. The number of ether oxygens (including phenoxy) is 1. The second kappa shape index (κ2) is 14.6. The molecule has 3 unspecified atom stereocenters. The summed E-state index contributed by atoms with van der Waals surface area (Å²) in [6, 6.07) is 17.8. The molecule has 5 aromatic rings. The molecule has 52 heavy (non-hydrogen) atoms. The minimum Gasteiger partial charge on any atom is -0.481 e. The predicted octanol–water partition coefficient (Wildman–Crippen LogP) is 7.14. The lowest BCUT2D eigenvalue weighted by Crippen LogP contribution is -2.37. The Morgan fingerprint density at radius 2 is 1.87 bits per heavy atom. The molecule has 2 bridgehead atoms. The second-order valence-electron chi connectivity index (χ2n) is 13.6. The molecule has 2 aromatic carbocycles. The van der Waals surface area contributed by atoms with Crippen LogP contribution < -0.4 is 20.7 Å². The van der Waals surface area contributed by atoms with E-state index >= 15 is 0 Å². The number of methoxy groups -OCH3 is 1. The number of halogens is 2. The van der Waals surface area contributed by atoms with E-state index in [1.807, 2.05) is 54.6 Å². The van der Waals surface area contributed by atoms with Gasteiger partial charge in [-0.15, -0.1) is 11.3 Å².